The van der Waals surface area contributed by atoms with Crippen molar-refractivity contribution in [2.45, 2.75) is 19.6 Å². The van der Waals surface area contributed by atoms with Crippen LogP contribution in [-0.4, -0.2) is 40.6 Å². The molecule has 0 aliphatic carbocycles. The van der Waals surface area contributed by atoms with E-state index in [0.29, 0.717) is 29.8 Å². The number of carbonyl (C=O) groups excluding carboxylic acids is 2. The highest BCUT2D eigenvalue weighted by atomic mass is 32.1. The Hall–Kier alpha value is -2.32. The summed E-state index contributed by atoms with van der Waals surface area (Å²) in [7, 11) is 1.57. The molecule has 7 nitrogen and oxygen atoms in total. The number of nitrogens with zero attached hydrogens (tertiary/aromatic N) is 3. The van der Waals surface area contributed by atoms with Crippen molar-refractivity contribution in [3.63, 3.8) is 0 Å². The topological polar surface area (TPSA) is 84.4 Å². The van der Waals surface area contributed by atoms with E-state index in [1.54, 1.807) is 12.0 Å². The van der Waals surface area contributed by atoms with Gasteiger partial charge in [-0.3, -0.25) is 9.59 Å². The molecule has 0 radical (unpaired) electrons. The average molecular weight is 346 g/mol. The highest BCUT2D eigenvalue weighted by molar-refractivity contribution is 7.15. The van der Waals surface area contributed by atoms with E-state index in [2.05, 4.69) is 15.5 Å². The molecule has 8 heteroatoms. The Morgan fingerprint density at radius 1 is 1.38 bits per heavy atom. The number of carbonyl (C=O) groups is 2. The molecule has 1 saturated heterocycles. The van der Waals surface area contributed by atoms with Crippen LogP contribution in [0.15, 0.2) is 30.3 Å². The van der Waals surface area contributed by atoms with Gasteiger partial charge in [0.25, 0.3) is 0 Å². The van der Waals surface area contributed by atoms with Gasteiger partial charge in [0.1, 0.15) is 11.6 Å². The minimum atomic E-state index is -0.365. The van der Waals surface area contributed by atoms with Gasteiger partial charge in [0.05, 0.1) is 5.92 Å². The monoisotopic (exact) mass is 346 g/mol. The summed E-state index contributed by atoms with van der Waals surface area (Å²) in [5.74, 6) is -0.564. The molecule has 2 amide bonds. The number of ether oxygens (including phenoxy) is 1. The number of nitrogens with one attached hydrogen (secondary N) is 1. The maximum absolute atomic E-state index is 12.3. The Bertz CT molecular complexity index is 719. The molecule has 1 N–H and O–H groups in total. The van der Waals surface area contributed by atoms with Crippen LogP contribution in [0.3, 0.4) is 0 Å². The third kappa shape index (κ3) is 3.95. The molecule has 24 heavy (non-hydrogen) atoms. The summed E-state index contributed by atoms with van der Waals surface area (Å²) in [5.41, 5.74) is 1.06. The zero-order chi connectivity index (χ0) is 16.9. The Kier molecular flexibility index (Phi) is 5.17. The highest BCUT2D eigenvalue weighted by Gasteiger charge is 2.34. The van der Waals surface area contributed by atoms with E-state index < -0.39 is 0 Å². The van der Waals surface area contributed by atoms with E-state index in [-0.39, 0.29) is 24.2 Å². The highest BCUT2D eigenvalue weighted by Crippen LogP contribution is 2.23. The second kappa shape index (κ2) is 7.50. The maximum Gasteiger partial charge on any atom is 0.231 e. The normalized spacial score (nSPS) is 17.3. The molecule has 2 heterocycles. The van der Waals surface area contributed by atoms with Crippen molar-refractivity contribution in [1.82, 2.24) is 15.1 Å². The molecule has 0 spiro atoms. The van der Waals surface area contributed by atoms with Gasteiger partial charge in [0, 0.05) is 26.6 Å². The molecule has 126 valence electrons. The van der Waals surface area contributed by atoms with Gasteiger partial charge in [-0.15, -0.1) is 10.2 Å². The smallest absolute Gasteiger partial charge is 0.231 e. The first-order valence-electron chi connectivity index (χ1n) is 7.59. The Morgan fingerprint density at radius 3 is 2.92 bits per heavy atom. The van der Waals surface area contributed by atoms with Gasteiger partial charge in [0.2, 0.25) is 16.9 Å². The summed E-state index contributed by atoms with van der Waals surface area (Å²) < 4.78 is 4.97. The van der Waals surface area contributed by atoms with Gasteiger partial charge in [-0.25, -0.2) is 0 Å². The minimum absolute atomic E-state index is 0.00339. The Balaban J connectivity index is 1.57. The van der Waals surface area contributed by atoms with Gasteiger partial charge < -0.3 is 15.0 Å². The van der Waals surface area contributed by atoms with Crippen molar-refractivity contribution in [2.75, 3.05) is 19.0 Å². The maximum atomic E-state index is 12.3. The molecule has 1 aromatic heterocycles. The second-order valence-corrected chi connectivity index (χ2v) is 6.65. The fourth-order valence-corrected chi connectivity index (χ4v) is 3.31. The lowest BCUT2D eigenvalue weighted by Gasteiger charge is -2.16. The van der Waals surface area contributed by atoms with E-state index in [9.17, 15) is 9.59 Å². The van der Waals surface area contributed by atoms with Crippen LogP contribution < -0.4 is 5.32 Å². The predicted molar refractivity (Wildman–Crippen MR) is 89.2 cm³/mol. The molecule has 0 unspecified atom stereocenters. The van der Waals surface area contributed by atoms with Crippen molar-refractivity contribution in [3.05, 3.63) is 40.9 Å². The second-order valence-electron chi connectivity index (χ2n) is 5.58. The van der Waals surface area contributed by atoms with Gasteiger partial charge in [0.15, 0.2) is 0 Å². The van der Waals surface area contributed by atoms with Crippen molar-refractivity contribution in [3.8, 4) is 0 Å². The lowest BCUT2D eigenvalue weighted by atomic mass is 10.1. The minimum Gasteiger partial charge on any atom is -0.377 e. The van der Waals surface area contributed by atoms with Crippen LogP contribution in [-0.2, 0) is 27.5 Å². The standard InChI is InChI=1S/C16H18N4O3S/c1-23-10-13-18-19-16(24-13)17-15(22)12-7-14(21)20(9-12)8-11-5-3-2-4-6-11/h2-6,12H,7-10H2,1H3,(H,17,19,22)/t12-/m0/s1. The van der Waals surface area contributed by atoms with Crippen molar-refractivity contribution >= 4 is 28.3 Å². The molecule has 1 aliphatic heterocycles. The van der Waals surface area contributed by atoms with Crippen LogP contribution in [0.4, 0.5) is 5.13 Å². The molecule has 3 rings (SSSR count). The third-order valence-electron chi connectivity index (χ3n) is 3.77. The summed E-state index contributed by atoms with van der Waals surface area (Å²) in [4.78, 5) is 26.2. The average Bonchev–Trinajstić information content (AvgIpc) is 3.16. The van der Waals surface area contributed by atoms with Crippen LogP contribution in [0.25, 0.3) is 0 Å². The summed E-state index contributed by atoms with van der Waals surface area (Å²) >= 11 is 1.27. The summed E-state index contributed by atoms with van der Waals surface area (Å²) in [6, 6.07) is 9.75. The molecule has 0 bridgehead atoms. The van der Waals surface area contributed by atoms with Crippen LogP contribution in [0, 0.1) is 5.92 Å². The number of amides is 2. The van der Waals surface area contributed by atoms with Crippen molar-refractivity contribution in [1.29, 1.82) is 0 Å². The first kappa shape index (κ1) is 16.5. The number of rotatable bonds is 6. The van der Waals surface area contributed by atoms with E-state index in [1.807, 2.05) is 30.3 Å². The van der Waals surface area contributed by atoms with Gasteiger partial charge in [-0.05, 0) is 5.56 Å². The van der Waals surface area contributed by atoms with Crippen molar-refractivity contribution in [2.24, 2.45) is 5.92 Å². The van der Waals surface area contributed by atoms with E-state index in [4.69, 9.17) is 4.74 Å². The SMILES string of the molecule is COCc1nnc(NC(=O)[C@H]2CC(=O)N(Cc3ccccc3)C2)s1. The fraction of sp³-hybridized carbons (Fsp3) is 0.375. The van der Waals surface area contributed by atoms with Gasteiger partial charge >= 0.3 is 0 Å². The zero-order valence-corrected chi connectivity index (χ0v) is 14.1. The number of likely N-dealkylation sites (tertiary alicyclic amines) is 1. The number of aromatic nitrogens is 2. The van der Waals surface area contributed by atoms with Crippen LogP contribution in [0.5, 0.6) is 0 Å². The van der Waals surface area contributed by atoms with E-state index in [0.717, 1.165) is 5.56 Å². The number of hydrogen-bond donors (Lipinski definition) is 1. The Labute approximate surface area is 143 Å². The summed E-state index contributed by atoms with van der Waals surface area (Å²) in [5, 5.41) is 11.7. The van der Waals surface area contributed by atoms with E-state index in [1.165, 1.54) is 11.3 Å². The Morgan fingerprint density at radius 2 is 2.17 bits per heavy atom. The van der Waals surface area contributed by atoms with Crippen molar-refractivity contribution < 1.29 is 14.3 Å². The molecular formula is C16H18N4O3S. The number of methoxy groups -OCH3 is 1. The molecular weight excluding hydrogens is 328 g/mol. The number of anilines is 1. The molecule has 1 aromatic carbocycles. The summed E-state index contributed by atoms with van der Waals surface area (Å²) in [6.45, 7) is 1.31. The first-order valence-corrected chi connectivity index (χ1v) is 8.41. The van der Waals surface area contributed by atoms with Gasteiger partial charge in [-0.1, -0.05) is 41.7 Å². The molecule has 2 aromatic rings. The van der Waals surface area contributed by atoms with E-state index >= 15 is 0 Å². The molecule has 1 fully saturated rings. The zero-order valence-electron chi connectivity index (χ0n) is 13.3. The molecule has 1 atom stereocenters. The lowest BCUT2D eigenvalue weighted by Crippen LogP contribution is -2.28. The number of hydrogen-bond acceptors (Lipinski definition) is 6. The largest absolute Gasteiger partial charge is 0.377 e. The van der Waals surface area contributed by atoms with Crippen LogP contribution >= 0.6 is 11.3 Å². The lowest BCUT2D eigenvalue weighted by molar-refractivity contribution is -0.128. The molecule has 1 aliphatic rings. The first-order chi connectivity index (χ1) is 11.7. The third-order valence-corrected chi connectivity index (χ3v) is 4.58. The quantitative estimate of drug-likeness (QED) is 0.860. The summed E-state index contributed by atoms with van der Waals surface area (Å²) in [6.07, 6.45) is 0.225. The fourth-order valence-electron chi connectivity index (χ4n) is 2.60. The molecule has 0 saturated carbocycles. The number of benzene rings is 1. The van der Waals surface area contributed by atoms with Crippen LogP contribution in [0.2, 0.25) is 0 Å². The van der Waals surface area contributed by atoms with Gasteiger partial charge in [-0.2, -0.15) is 0 Å². The predicted octanol–water partition coefficient (Wildman–Crippen LogP) is 1.67. The van der Waals surface area contributed by atoms with Crippen LogP contribution in [0.1, 0.15) is 17.0 Å².